The predicted molar refractivity (Wildman–Crippen MR) is 167 cm³/mol. The summed E-state index contributed by atoms with van der Waals surface area (Å²) >= 11 is 0. The fraction of sp³-hybridized carbons (Fsp3) is 0.774. The van der Waals surface area contributed by atoms with Crippen LogP contribution in [0.4, 0.5) is 0 Å². The van der Waals surface area contributed by atoms with Crippen molar-refractivity contribution in [3.05, 3.63) is 10.4 Å². The summed E-state index contributed by atoms with van der Waals surface area (Å²) in [5, 5.41) is 3.47. The Kier molecular flexibility index (Phi) is 18.2. The summed E-state index contributed by atoms with van der Waals surface area (Å²) in [4.78, 5) is 88.0. The van der Waals surface area contributed by atoms with E-state index in [0.717, 1.165) is 48.5 Å². The van der Waals surface area contributed by atoms with Gasteiger partial charge in [0.25, 0.3) is 0 Å². The molecule has 0 spiro atoms. The minimum atomic E-state index is -1.79. The summed E-state index contributed by atoms with van der Waals surface area (Å²) in [5.41, 5.74) is 8.47. The fourth-order valence-electron chi connectivity index (χ4n) is 5.31. The van der Waals surface area contributed by atoms with E-state index in [1.54, 1.807) is 0 Å². The number of esters is 7. The third kappa shape index (κ3) is 14.6. The predicted octanol–water partition coefficient (Wildman–Crippen LogP) is 1.10. The average molecular weight is 748 g/mol. The van der Waals surface area contributed by atoms with Gasteiger partial charge in [0.1, 0.15) is 31.5 Å². The van der Waals surface area contributed by atoms with Crippen LogP contribution in [0.25, 0.3) is 10.4 Å². The van der Waals surface area contributed by atoms with E-state index in [1.807, 2.05) is 0 Å². The van der Waals surface area contributed by atoms with Crippen LogP contribution in [0.15, 0.2) is 5.11 Å². The first kappa shape index (κ1) is 43.6. The molecule has 0 bridgehead atoms. The summed E-state index contributed by atoms with van der Waals surface area (Å²) < 4.78 is 62.1. The van der Waals surface area contributed by atoms with Gasteiger partial charge in [-0.15, -0.1) is 0 Å². The summed E-state index contributed by atoms with van der Waals surface area (Å²) in [6.07, 6.45) is -13.9. The average Bonchev–Trinajstić information content (AvgIpc) is 3.02. The molecule has 0 N–H and O–H groups in total. The molecule has 52 heavy (non-hydrogen) atoms. The highest BCUT2D eigenvalue weighted by Gasteiger charge is 2.57. The molecule has 0 aromatic rings. The van der Waals surface area contributed by atoms with Crippen molar-refractivity contribution in [2.24, 2.45) is 5.11 Å². The molecule has 0 radical (unpaired) electrons. The Morgan fingerprint density at radius 2 is 0.962 bits per heavy atom. The van der Waals surface area contributed by atoms with Crippen LogP contribution in [0.1, 0.15) is 67.7 Å². The number of azide groups is 1. The molecule has 21 nitrogen and oxygen atoms in total. The zero-order valence-corrected chi connectivity index (χ0v) is 29.9. The molecule has 0 aromatic heterocycles. The highest BCUT2D eigenvalue weighted by atomic mass is 16.8. The summed E-state index contributed by atoms with van der Waals surface area (Å²) in [7, 11) is 0. The van der Waals surface area contributed by atoms with Crippen LogP contribution in [0, 0.1) is 0 Å². The van der Waals surface area contributed by atoms with E-state index in [1.165, 1.54) is 0 Å². The molecule has 0 amide bonds. The van der Waals surface area contributed by atoms with Gasteiger partial charge in [0.15, 0.2) is 43.1 Å². The van der Waals surface area contributed by atoms with Crippen molar-refractivity contribution in [1.82, 2.24) is 0 Å². The molecule has 292 valence electrons. The van der Waals surface area contributed by atoms with Crippen molar-refractivity contribution < 1.29 is 85.7 Å². The normalized spacial score (nSPS) is 28.2. The van der Waals surface area contributed by atoms with Gasteiger partial charge in [-0.3, -0.25) is 33.6 Å². The van der Waals surface area contributed by atoms with E-state index < -0.39 is 116 Å². The number of ether oxygens (including phenoxy) is 11. The fourth-order valence-corrected chi connectivity index (χ4v) is 5.31. The molecule has 10 atom stereocenters. The number of hydrogen-bond acceptors (Lipinski definition) is 19. The molecule has 0 saturated carbocycles. The van der Waals surface area contributed by atoms with E-state index in [-0.39, 0.29) is 13.2 Å². The lowest BCUT2D eigenvalue weighted by Gasteiger charge is -2.48. The Labute approximate surface area is 298 Å². The Bertz CT molecular complexity index is 1320. The van der Waals surface area contributed by atoms with Crippen molar-refractivity contribution in [3.63, 3.8) is 0 Å². The summed E-state index contributed by atoms with van der Waals surface area (Å²) in [6, 6.07) is 0. The second-order valence-electron chi connectivity index (χ2n) is 11.5. The lowest BCUT2D eigenvalue weighted by molar-refractivity contribution is -0.361. The van der Waals surface area contributed by atoms with Crippen LogP contribution in [0.5, 0.6) is 0 Å². The standard InChI is InChI=1S/C31H45N3O18/c1-15(35)43-13-22-24(45-17(3)37)26(46-18(4)38)29(49-21(7)41)31(51-22)52-25-23(14-44-16(2)36)50-30(42-12-10-8-9-11-33-34-32)28(48-20(6)40)27(25)47-19(5)39/h22-31H,8-14H2,1-7H3/t22?,23?,24-,25-,26+,27+,28?,29?,30-,31+/m1/s1. The number of rotatable bonds is 18. The number of carbonyl (C=O) groups excluding carboxylic acids is 7. The maximum atomic E-state index is 12.5. The van der Waals surface area contributed by atoms with Gasteiger partial charge in [-0.25, -0.2) is 0 Å². The quantitative estimate of drug-likeness (QED) is 0.0474. The van der Waals surface area contributed by atoms with Crippen LogP contribution in [-0.2, 0) is 85.7 Å². The Hall–Kier alpha value is -4.56. The van der Waals surface area contributed by atoms with Crippen LogP contribution in [0.3, 0.4) is 0 Å². The van der Waals surface area contributed by atoms with E-state index in [9.17, 15) is 33.6 Å². The lowest BCUT2D eigenvalue weighted by atomic mass is 9.96. The molecule has 2 aliphatic rings. The van der Waals surface area contributed by atoms with Gasteiger partial charge in [-0.2, -0.15) is 0 Å². The zero-order valence-electron chi connectivity index (χ0n) is 29.9. The molecular weight excluding hydrogens is 702 g/mol. The monoisotopic (exact) mass is 747 g/mol. The first-order valence-corrected chi connectivity index (χ1v) is 16.3. The molecule has 2 saturated heterocycles. The minimum absolute atomic E-state index is 0.0387. The largest absolute Gasteiger partial charge is 0.463 e. The van der Waals surface area contributed by atoms with Crippen molar-refractivity contribution in [2.45, 2.75) is 129 Å². The van der Waals surface area contributed by atoms with Crippen molar-refractivity contribution >= 4 is 41.8 Å². The zero-order chi connectivity index (χ0) is 39.0. The van der Waals surface area contributed by atoms with E-state index in [0.29, 0.717) is 19.3 Å². The Morgan fingerprint density at radius 1 is 0.538 bits per heavy atom. The second kappa shape index (κ2) is 21.7. The molecule has 21 heteroatoms. The van der Waals surface area contributed by atoms with Gasteiger partial charge >= 0.3 is 41.8 Å². The summed E-state index contributed by atoms with van der Waals surface area (Å²) in [6.45, 7) is 6.67. The van der Waals surface area contributed by atoms with E-state index in [2.05, 4.69) is 10.0 Å². The molecule has 0 aliphatic carbocycles. The smallest absolute Gasteiger partial charge is 0.303 e. The molecule has 2 heterocycles. The SMILES string of the molecule is CC(=O)OCC1O[C@@H](O[C@@H]2C(COC(C)=O)O[C@@H](OCCCCCN=[N+]=[N-])C(OC(C)=O)[C@H]2OC(C)=O)C(OC(C)=O)[C@@H](OC(C)=O)[C@@H]1OC(C)=O. The van der Waals surface area contributed by atoms with E-state index >= 15 is 0 Å². The number of carbonyl (C=O) groups is 7. The van der Waals surface area contributed by atoms with Crippen LogP contribution in [0.2, 0.25) is 0 Å². The third-order valence-electron chi connectivity index (χ3n) is 7.13. The summed E-state index contributed by atoms with van der Waals surface area (Å²) in [5.74, 6) is -5.87. The molecule has 2 aliphatic heterocycles. The molecule has 4 unspecified atom stereocenters. The molecular formula is C31H45N3O18. The van der Waals surface area contributed by atoms with Crippen LogP contribution < -0.4 is 0 Å². The van der Waals surface area contributed by atoms with Gasteiger partial charge < -0.3 is 52.1 Å². The van der Waals surface area contributed by atoms with Gasteiger partial charge in [0.2, 0.25) is 0 Å². The second-order valence-corrected chi connectivity index (χ2v) is 11.5. The van der Waals surface area contributed by atoms with Crippen molar-refractivity contribution in [3.8, 4) is 0 Å². The maximum absolute atomic E-state index is 12.5. The first-order chi connectivity index (χ1) is 24.5. The molecule has 0 aromatic carbocycles. The van der Waals surface area contributed by atoms with Gasteiger partial charge in [-0.05, 0) is 18.4 Å². The van der Waals surface area contributed by atoms with E-state index in [4.69, 9.17) is 57.6 Å². The Balaban J connectivity index is 2.64. The molecule has 2 rings (SSSR count). The first-order valence-electron chi connectivity index (χ1n) is 16.3. The highest BCUT2D eigenvalue weighted by Crippen LogP contribution is 2.35. The number of unbranched alkanes of at least 4 members (excludes halogenated alkanes) is 2. The van der Waals surface area contributed by atoms with Gasteiger partial charge in [0, 0.05) is 66.5 Å². The highest BCUT2D eigenvalue weighted by molar-refractivity contribution is 5.69. The lowest BCUT2D eigenvalue weighted by Crippen LogP contribution is -2.67. The van der Waals surface area contributed by atoms with Gasteiger partial charge in [-0.1, -0.05) is 11.5 Å². The van der Waals surface area contributed by atoms with Gasteiger partial charge in [0.05, 0.1) is 0 Å². The number of hydrogen-bond donors (Lipinski definition) is 0. The van der Waals surface area contributed by atoms with Crippen LogP contribution in [-0.4, -0.2) is 130 Å². The van der Waals surface area contributed by atoms with Crippen LogP contribution >= 0.6 is 0 Å². The van der Waals surface area contributed by atoms with Crippen molar-refractivity contribution in [1.29, 1.82) is 0 Å². The molecule has 2 fully saturated rings. The Morgan fingerprint density at radius 3 is 1.44 bits per heavy atom. The third-order valence-corrected chi connectivity index (χ3v) is 7.13. The maximum Gasteiger partial charge on any atom is 0.303 e. The van der Waals surface area contributed by atoms with Crippen molar-refractivity contribution in [2.75, 3.05) is 26.4 Å². The minimum Gasteiger partial charge on any atom is -0.463 e. The number of nitrogens with zero attached hydrogens (tertiary/aromatic N) is 3. The topological polar surface area (TPSA) is 270 Å².